The zero-order valence-electron chi connectivity index (χ0n) is 8.61. The molecule has 1 aromatic heterocycles. The number of methoxy groups -OCH3 is 1. The van der Waals surface area contributed by atoms with Gasteiger partial charge < -0.3 is 10.1 Å². The monoisotopic (exact) mass is 255 g/mol. The normalized spacial score (nSPS) is 10.1. The Hall–Kier alpha value is -1.33. The molecule has 0 atom stereocenters. The van der Waals surface area contributed by atoms with Gasteiger partial charge in [0.25, 0.3) is 0 Å². The first-order valence-corrected chi connectivity index (χ1v) is 5.76. The predicted molar refractivity (Wildman–Crippen MR) is 65.2 cm³/mol. The average molecular weight is 256 g/mol. The predicted octanol–water partition coefficient (Wildman–Crippen LogP) is 2.81. The topological polar surface area (TPSA) is 47.0 Å². The Morgan fingerprint density at radius 2 is 2.19 bits per heavy atom. The van der Waals surface area contributed by atoms with E-state index in [0.717, 1.165) is 23.0 Å². The molecule has 0 fully saturated rings. The molecule has 0 radical (unpaired) electrons. The molecule has 0 aliphatic rings. The molecule has 1 heterocycles. The summed E-state index contributed by atoms with van der Waals surface area (Å²) in [5.41, 5.74) is 1.05. The van der Waals surface area contributed by atoms with Crippen LogP contribution in [0.4, 0.5) is 5.82 Å². The molecule has 4 nitrogen and oxygen atoms in total. The Balaban J connectivity index is 2.07. The van der Waals surface area contributed by atoms with Crippen molar-refractivity contribution in [1.29, 1.82) is 0 Å². The van der Waals surface area contributed by atoms with Gasteiger partial charge in [0.05, 0.1) is 18.8 Å². The zero-order chi connectivity index (χ0) is 11.4. The number of nitrogens with one attached hydrogen (secondary N) is 1. The highest BCUT2D eigenvalue weighted by Gasteiger charge is 2.06. The van der Waals surface area contributed by atoms with Gasteiger partial charge in [-0.2, -0.15) is 8.75 Å². The first-order chi connectivity index (χ1) is 7.81. The second-order valence-corrected chi connectivity index (χ2v) is 3.96. The van der Waals surface area contributed by atoms with Crippen LogP contribution in [0.1, 0.15) is 5.56 Å². The van der Waals surface area contributed by atoms with E-state index >= 15 is 0 Å². The van der Waals surface area contributed by atoms with E-state index in [1.165, 1.54) is 0 Å². The summed E-state index contributed by atoms with van der Waals surface area (Å²) >= 11 is 6.91. The summed E-state index contributed by atoms with van der Waals surface area (Å²) in [6.45, 7) is 0.606. The molecule has 0 bridgehead atoms. The van der Waals surface area contributed by atoms with Gasteiger partial charge in [0.1, 0.15) is 5.75 Å². The van der Waals surface area contributed by atoms with E-state index in [0.29, 0.717) is 17.5 Å². The van der Waals surface area contributed by atoms with Gasteiger partial charge in [-0.25, -0.2) is 0 Å². The minimum Gasteiger partial charge on any atom is -0.496 e. The third-order valence-electron chi connectivity index (χ3n) is 2.09. The molecule has 0 saturated carbocycles. The van der Waals surface area contributed by atoms with Crippen molar-refractivity contribution in [1.82, 2.24) is 8.75 Å². The number of hydrogen-bond acceptors (Lipinski definition) is 5. The molecule has 0 aliphatic carbocycles. The Labute approximate surface area is 103 Å². The van der Waals surface area contributed by atoms with Crippen LogP contribution in [-0.4, -0.2) is 15.9 Å². The zero-order valence-corrected chi connectivity index (χ0v) is 10.2. The minimum atomic E-state index is 0.403. The lowest BCUT2D eigenvalue weighted by molar-refractivity contribution is 0.410. The second-order valence-electron chi connectivity index (χ2n) is 3.07. The highest BCUT2D eigenvalue weighted by atomic mass is 35.5. The van der Waals surface area contributed by atoms with Crippen molar-refractivity contribution in [3.8, 4) is 5.75 Å². The molecule has 16 heavy (non-hydrogen) atoms. The summed E-state index contributed by atoms with van der Waals surface area (Å²) < 4.78 is 13.1. The highest BCUT2D eigenvalue weighted by molar-refractivity contribution is 6.99. The van der Waals surface area contributed by atoms with E-state index < -0.39 is 0 Å². The van der Waals surface area contributed by atoms with Gasteiger partial charge in [0, 0.05) is 12.1 Å². The lowest BCUT2D eigenvalue weighted by Gasteiger charge is -2.08. The lowest BCUT2D eigenvalue weighted by Crippen LogP contribution is -2.02. The van der Waals surface area contributed by atoms with Gasteiger partial charge in [-0.1, -0.05) is 29.8 Å². The number of para-hydroxylation sites is 1. The van der Waals surface area contributed by atoms with Crippen LogP contribution in [-0.2, 0) is 6.54 Å². The summed E-state index contributed by atoms with van der Waals surface area (Å²) in [6, 6.07) is 7.79. The Kier molecular flexibility index (Phi) is 3.58. The first-order valence-electron chi connectivity index (χ1n) is 4.65. The van der Waals surface area contributed by atoms with E-state index in [-0.39, 0.29) is 0 Å². The van der Waals surface area contributed by atoms with E-state index in [9.17, 15) is 0 Å². The number of rotatable bonds is 4. The van der Waals surface area contributed by atoms with Crippen molar-refractivity contribution < 1.29 is 4.74 Å². The van der Waals surface area contributed by atoms with Crippen molar-refractivity contribution in [3.05, 3.63) is 35.0 Å². The van der Waals surface area contributed by atoms with E-state index in [4.69, 9.17) is 16.3 Å². The lowest BCUT2D eigenvalue weighted by atomic mass is 10.2. The molecule has 0 saturated heterocycles. The van der Waals surface area contributed by atoms with Crippen molar-refractivity contribution in [3.63, 3.8) is 0 Å². The fourth-order valence-electron chi connectivity index (χ4n) is 1.31. The maximum atomic E-state index is 5.82. The Bertz CT molecular complexity index is 475. The van der Waals surface area contributed by atoms with Gasteiger partial charge >= 0.3 is 0 Å². The molecule has 2 aromatic rings. The number of hydrogen-bond donors (Lipinski definition) is 1. The molecule has 6 heteroatoms. The molecule has 1 N–H and O–H groups in total. The standard InChI is InChI=1S/C10H10ClN3OS/c1-15-8-5-3-2-4-7(8)6-12-10-9(11)13-16-14-10/h2-5H,6H2,1H3,(H,12,14). The molecule has 0 aliphatic heterocycles. The number of benzene rings is 1. The molecule has 0 unspecified atom stereocenters. The largest absolute Gasteiger partial charge is 0.496 e. The molecule has 84 valence electrons. The van der Waals surface area contributed by atoms with Crippen LogP contribution in [0.25, 0.3) is 0 Å². The minimum absolute atomic E-state index is 0.403. The van der Waals surface area contributed by atoms with Crippen LogP contribution in [0, 0.1) is 0 Å². The Morgan fingerprint density at radius 1 is 1.38 bits per heavy atom. The number of anilines is 1. The number of halogens is 1. The van der Waals surface area contributed by atoms with Crippen molar-refractivity contribution in [2.24, 2.45) is 0 Å². The van der Waals surface area contributed by atoms with E-state index in [1.54, 1.807) is 7.11 Å². The maximum absolute atomic E-state index is 5.82. The van der Waals surface area contributed by atoms with Crippen LogP contribution < -0.4 is 10.1 Å². The summed E-state index contributed by atoms with van der Waals surface area (Å²) in [6.07, 6.45) is 0. The third-order valence-corrected chi connectivity index (χ3v) is 2.98. The quantitative estimate of drug-likeness (QED) is 0.913. The van der Waals surface area contributed by atoms with Crippen LogP contribution in [0.5, 0.6) is 5.75 Å². The van der Waals surface area contributed by atoms with Gasteiger partial charge in [0.15, 0.2) is 11.0 Å². The fraction of sp³-hybridized carbons (Fsp3) is 0.200. The molecular weight excluding hydrogens is 246 g/mol. The summed E-state index contributed by atoms with van der Waals surface area (Å²) in [4.78, 5) is 0. The summed E-state index contributed by atoms with van der Waals surface area (Å²) in [7, 11) is 1.65. The van der Waals surface area contributed by atoms with Crippen LogP contribution >= 0.6 is 23.3 Å². The SMILES string of the molecule is COc1ccccc1CNc1nsnc1Cl. The van der Waals surface area contributed by atoms with Gasteiger partial charge in [0.2, 0.25) is 0 Å². The highest BCUT2D eigenvalue weighted by Crippen LogP contribution is 2.21. The molecule has 2 rings (SSSR count). The van der Waals surface area contributed by atoms with Crippen LogP contribution in [0.2, 0.25) is 5.15 Å². The maximum Gasteiger partial charge on any atom is 0.186 e. The summed E-state index contributed by atoms with van der Waals surface area (Å²) in [5.74, 6) is 1.45. The third kappa shape index (κ3) is 2.43. The van der Waals surface area contributed by atoms with E-state index in [1.807, 2.05) is 24.3 Å². The summed E-state index contributed by atoms with van der Waals surface area (Å²) in [5, 5.41) is 3.51. The number of ether oxygens (including phenoxy) is 1. The molecule has 0 amide bonds. The molecule has 0 spiro atoms. The van der Waals surface area contributed by atoms with Crippen LogP contribution in [0.3, 0.4) is 0 Å². The van der Waals surface area contributed by atoms with Crippen molar-refractivity contribution in [2.45, 2.75) is 6.54 Å². The van der Waals surface area contributed by atoms with Crippen molar-refractivity contribution >= 4 is 29.1 Å². The van der Waals surface area contributed by atoms with Gasteiger partial charge in [-0.3, -0.25) is 0 Å². The van der Waals surface area contributed by atoms with Gasteiger partial charge in [-0.15, -0.1) is 0 Å². The second kappa shape index (κ2) is 5.14. The first kappa shape index (κ1) is 11.2. The fourth-order valence-corrected chi connectivity index (χ4v) is 1.99. The number of nitrogens with zero attached hydrogens (tertiary/aromatic N) is 2. The molecule has 1 aromatic carbocycles. The average Bonchev–Trinajstić information content (AvgIpc) is 2.72. The molecular formula is C10H10ClN3OS. The van der Waals surface area contributed by atoms with Gasteiger partial charge in [-0.05, 0) is 6.07 Å². The van der Waals surface area contributed by atoms with E-state index in [2.05, 4.69) is 14.1 Å². The Morgan fingerprint density at radius 3 is 2.88 bits per heavy atom. The van der Waals surface area contributed by atoms with Crippen LogP contribution in [0.15, 0.2) is 24.3 Å². The number of aromatic nitrogens is 2. The smallest absolute Gasteiger partial charge is 0.186 e. The van der Waals surface area contributed by atoms with Crippen molar-refractivity contribution in [2.75, 3.05) is 12.4 Å².